The number of amides is 1. The van der Waals surface area contributed by atoms with Crippen molar-refractivity contribution in [3.05, 3.63) is 66.9 Å². The highest BCUT2D eigenvalue weighted by Gasteiger charge is 2.04. The van der Waals surface area contributed by atoms with Crippen LogP contribution in [0.5, 0.6) is 0 Å². The SMILES string of the molecule is C=C/C=C(\C=C)CNc1ccc2cc(CNC(=O)CC)[nH]c2c1. The minimum absolute atomic E-state index is 0.0528. The number of H-pyrrole nitrogens is 1. The summed E-state index contributed by atoms with van der Waals surface area (Å²) < 4.78 is 0. The van der Waals surface area contributed by atoms with E-state index in [4.69, 9.17) is 0 Å². The Bertz CT molecular complexity index is 740. The van der Waals surface area contributed by atoms with Crippen LogP contribution in [0.25, 0.3) is 10.9 Å². The van der Waals surface area contributed by atoms with E-state index in [-0.39, 0.29) is 5.91 Å². The molecule has 0 saturated carbocycles. The average molecular weight is 309 g/mol. The minimum Gasteiger partial charge on any atom is -0.381 e. The maximum Gasteiger partial charge on any atom is 0.220 e. The van der Waals surface area contributed by atoms with Crippen molar-refractivity contribution in [1.82, 2.24) is 10.3 Å². The summed E-state index contributed by atoms with van der Waals surface area (Å²) in [6.45, 7) is 10.5. The maximum atomic E-state index is 11.3. The van der Waals surface area contributed by atoms with Gasteiger partial charge in [0.1, 0.15) is 0 Å². The Kier molecular flexibility index (Phi) is 5.80. The lowest BCUT2D eigenvalue weighted by Crippen LogP contribution is -2.21. The topological polar surface area (TPSA) is 56.9 Å². The summed E-state index contributed by atoms with van der Waals surface area (Å²) in [5.41, 5.74) is 4.15. The van der Waals surface area contributed by atoms with Gasteiger partial charge < -0.3 is 15.6 Å². The summed E-state index contributed by atoms with van der Waals surface area (Å²) in [6, 6.07) is 8.22. The summed E-state index contributed by atoms with van der Waals surface area (Å²) in [7, 11) is 0. The lowest BCUT2D eigenvalue weighted by Gasteiger charge is -2.07. The Balaban J connectivity index is 2.06. The van der Waals surface area contributed by atoms with Crippen LogP contribution < -0.4 is 10.6 Å². The predicted molar refractivity (Wildman–Crippen MR) is 97.4 cm³/mol. The number of carbonyl (C=O) groups excluding carboxylic acids is 1. The fraction of sp³-hybridized carbons (Fsp3) is 0.211. The first kappa shape index (κ1) is 16.6. The number of hydrogen-bond donors (Lipinski definition) is 3. The fourth-order valence-electron chi connectivity index (χ4n) is 2.27. The van der Waals surface area contributed by atoms with Gasteiger partial charge in [0.2, 0.25) is 5.91 Å². The van der Waals surface area contributed by atoms with Crippen LogP contribution in [-0.2, 0) is 11.3 Å². The maximum absolute atomic E-state index is 11.3. The standard InChI is InChI=1S/C19H23N3O/c1-4-7-14(5-2)12-20-16-9-8-15-10-17(22-18(15)11-16)13-21-19(23)6-3/h4-5,7-11,20,22H,1-2,6,12-13H2,3H3,(H,21,23)/b14-7+. The monoisotopic (exact) mass is 309 g/mol. The Morgan fingerprint density at radius 3 is 2.83 bits per heavy atom. The summed E-state index contributed by atoms with van der Waals surface area (Å²) in [5.74, 6) is 0.0528. The van der Waals surface area contributed by atoms with Gasteiger partial charge in [-0.05, 0) is 29.2 Å². The highest BCUT2D eigenvalue weighted by atomic mass is 16.1. The van der Waals surface area contributed by atoms with Gasteiger partial charge in [0.15, 0.2) is 0 Å². The van der Waals surface area contributed by atoms with Crippen LogP contribution in [0.4, 0.5) is 5.69 Å². The molecular formula is C19H23N3O. The normalized spacial score (nSPS) is 11.3. The molecule has 1 heterocycles. The van der Waals surface area contributed by atoms with E-state index in [1.165, 1.54) is 0 Å². The summed E-state index contributed by atoms with van der Waals surface area (Å²) in [6.07, 6.45) is 6.00. The van der Waals surface area contributed by atoms with Crippen molar-refractivity contribution in [3.8, 4) is 0 Å². The third-order valence-electron chi connectivity index (χ3n) is 3.57. The van der Waals surface area contributed by atoms with Crippen LogP contribution in [0.1, 0.15) is 19.0 Å². The first-order chi connectivity index (χ1) is 11.2. The molecule has 3 N–H and O–H groups in total. The number of hydrogen-bond acceptors (Lipinski definition) is 2. The molecule has 0 radical (unpaired) electrons. The average Bonchev–Trinajstić information content (AvgIpc) is 2.98. The van der Waals surface area contributed by atoms with Crippen LogP contribution >= 0.6 is 0 Å². The zero-order valence-electron chi connectivity index (χ0n) is 13.5. The molecule has 2 rings (SSSR count). The van der Waals surface area contributed by atoms with E-state index in [0.29, 0.717) is 19.5 Å². The zero-order chi connectivity index (χ0) is 16.7. The third-order valence-corrected chi connectivity index (χ3v) is 3.57. The van der Waals surface area contributed by atoms with Crippen LogP contribution in [0, 0.1) is 0 Å². The number of benzene rings is 1. The van der Waals surface area contributed by atoms with E-state index in [1.54, 1.807) is 6.08 Å². The van der Waals surface area contributed by atoms with Gasteiger partial charge in [-0.3, -0.25) is 4.79 Å². The summed E-state index contributed by atoms with van der Waals surface area (Å²) in [4.78, 5) is 14.7. The van der Waals surface area contributed by atoms with Crippen molar-refractivity contribution in [1.29, 1.82) is 0 Å². The number of aromatic nitrogens is 1. The van der Waals surface area contributed by atoms with Crippen molar-refractivity contribution in [3.63, 3.8) is 0 Å². The van der Waals surface area contributed by atoms with Crippen LogP contribution in [-0.4, -0.2) is 17.4 Å². The van der Waals surface area contributed by atoms with Gasteiger partial charge >= 0.3 is 0 Å². The van der Waals surface area contributed by atoms with Crippen molar-refractivity contribution < 1.29 is 4.79 Å². The van der Waals surface area contributed by atoms with Gasteiger partial charge in [-0.2, -0.15) is 0 Å². The molecule has 0 atom stereocenters. The van der Waals surface area contributed by atoms with Gasteiger partial charge in [-0.15, -0.1) is 0 Å². The molecule has 0 aliphatic carbocycles. The molecule has 0 unspecified atom stereocenters. The number of allylic oxidation sites excluding steroid dienone is 2. The molecule has 1 amide bonds. The molecule has 0 spiro atoms. The first-order valence-electron chi connectivity index (χ1n) is 7.72. The Morgan fingerprint density at radius 1 is 1.30 bits per heavy atom. The van der Waals surface area contributed by atoms with Crippen molar-refractivity contribution in [2.75, 3.05) is 11.9 Å². The number of rotatable bonds is 8. The number of carbonyl (C=O) groups is 1. The number of nitrogens with one attached hydrogen (secondary N) is 3. The molecule has 1 aromatic carbocycles. The van der Waals surface area contributed by atoms with Gasteiger partial charge in [0, 0.05) is 29.9 Å². The molecule has 23 heavy (non-hydrogen) atoms. The Hall–Kier alpha value is -2.75. The quantitative estimate of drug-likeness (QED) is 0.648. The lowest BCUT2D eigenvalue weighted by atomic mass is 10.2. The highest BCUT2D eigenvalue weighted by Crippen LogP contribution is 2.20. The first-order valence-corrected chi connectivity index (χ1v) is 7.72. The van der Waals surface area contributed by atoms with E-state index in [2.05, 4.69) is 47.0 Å². The van der Waals surface area contributed by atoms with Crippen LogP contribution in [0.3, 0.4) is 0 Å². The van der Waals surface area contributed by atoms with E-state index in [9.17, 15) is 4.79 Å². The number of anilines is 1. The molecule has 0 bridgehead atoms. The van der Waals surface area contributed by atoms with Crippen molar-refractivity contribution in [2.24, 2.45) is 0 Å². The Morgan fingerprint density at radius 2 is 2.13 bits per heavy atom. The van der Waals surface area contributed by atoms with Gasteiger partial charge in [-0.1, -0.05) is 44.4 Å². The molecule has 0 aliphatic rings. The van der Waals surface area contributed by atoms with Gasteiger partial charge in [0.05, 0.1) is 6.54 Å². The summed E-state index contributed by atoms with van der Waals surface area (Å²) >= 11 is 0. The smallest absolute Gasteiger partial charge is 0.220 e. The molecular weight excluding hydrogens is 286 g/mol. The predicted octanol–water partition coefficient (Wildman–Crippen LogP) is 3.90. The largest absolute Gasteiger partial charge is 0.381 e. The zero-order valence-corrected chi connectivity index (χ0v) is 13.5. The van der Waals surface area contributed by atoms with E-state index in [0.717, 1.165) is 27.9 Å². The number of fused-ring (bicyclic) bond motifs is 1. The van der Waals surface area contributed by atoms with Crippen LogP contribution in [0.2, 0.25) is 0 Å². The highest BCUT2D eigenvalue weighted by molar-refractivity contribution is 5.84. The lowest BCUT2D eigenvalue weighted by molar-refractivity contribution is -0.120. The van der Waals surface area contributed by atoms with E-state index in [1.807, 2.05) is 25.1 Å². The van der Waals surface area contributed by atoms with E-state index >= 15 is 0 Å². The minimum atomic E-state index is 0.0528. The van der Waals surface area contributed by atoms with Gasteiger partial charge in [0.25, 0.3) is 0 Å². The third kappa shape index (κ3) is 4.61. The van der Waals surface area contributed by atoms with Crippen molar-refractivity contribution in [2.45, 2.75) is 19.9 Å². The van der Waals surface area contributed by atoms with Crippen LogP contribution in [0.15, 0.2) is 61.2 Å². The molecule has 2 aromatic rings. The fourth-order valence-corrected chi connectivity index (χ4v) is 2.27. The second kappa shape index (κ2) is 8.03. The molecule has 0 saturated heterocycles. The molecule has 0 aliphatic heterocycles. The number of aromatic amines is 1. The van der Waals surface area contributed by atoms with Crippen molar-refractivity contribution >= 4 is 22.5 Å². The molecule has 120 valence electrons. The second-order valence-electron chi connectivity index (χ2n) is 5.26. The second-order valence-corrected chi connectivity index (χ2v) is 5.26. The van der Waals surface area contributed by atoms with E-state index < -0.39 is 0 Å². The van der Waals surface area contributed by atoms with Gasteiger partial charge in [-0.25, -0.2) is 0 Å². The molecule has 0 fully saturated rings. The molecule has 4 heteroatoms. The summed E-state index contributed by atoms with van der Waals surface area (Å²) in [5, 5.41) is 7.36. The Labute approximate surface area is 137 Å². The molecule has 4 nitrogen and oxygen atoms in total. The molecule has 1 aromatic heterocycles.